The van der Waals surface area contributed by atoms with E-state index >= 15 is 0 Å². The van der Waals surface area contributed by atoms with E-state index in [-0.39, 0.29) is 52.2 Å². The fraction of sp³-hybridized carbons (Fsp3) is 0.318. The lowest BCUT2D eigenvalue weighted by molar-refractivity contribution is -0.125. The fourth-order valence-electron chi connectivity index (χ4n) is 2.91. The molecule has 5 N–H and O–H groups in total. The van der Waals surface area contributed by atoms with Gasteiger partial charge in [-0.15, -0.1) is 34.0 Å². The van der Waals surface area contributed by atoms with Gasteiger partial charge in [-0.1, -0.05) is 48.4 Å². The quantitative estimate of drug-likeness (QED) is 0.289. The minimum atomic E-state index is -0.694. The maximum absolute atomic E-state index is 12.9. The molecule has 0 saturated heterocycles. The molecule has 0 bridgehead atoms. The summed E-state index contributed by atoms with van der Waals surface area (Å²) in [6.07, 6.45) is 2.03. The van der Waals surface area contributed by atoms with Crippen LogP contribution in [-0.4, -0.2) is 43.8 Å². The molecular weight excluding hydrogens is 564 g/mol. The van der Waals surface area contributed by atoms with Crippen LogP contribution in [0.4, 0.5) is 5.69 Å². The van der Waals surface area contributed by atoms with Gasteiger partial charge in [-0.2, -0.15) is 0 Å². The number of anilines is 1. The van der Waals surface area contributed by atoms with Crippen molar-refractivity contribution in [2.45, 2.75) is 25.3 Å². The second-order valence-electron chi connectivity index (χ2n) is 6.92. The topological polar surface area (TPSA) is 119 Å². The Bertz CT molecular complexity index is 900. The van der Waals surface area contributed by atoms with Crippen LogP contribution in [0.3, 0.4) is 0 Å². The summed E-state index contributed by atoms with van der Waals surface area (Å²) in [6.45, 7) is 0.310. The molecule has 2 amide bonds. The maximum Gasteiger partial charge on any atom is 0.246 e. The normalized spacial score (nSPS) is 10.9. The van der Waals surface area contributed by atoms with Gasteiger partial charge in [-0.3, -0.25) is 14.4 Å². The zero-order valence-electron chi connectivity index (χ0n) is 17.8. The van der Waals surface area contributed by atoms with Crippen molar-refractivity contribution >= 4 is 68.8 Å². The summed E-state index contributed by atoms with van der Waals surface area (Å²) >= 11 is 6.09. The number of nitrogens with one attached hydrogen (secondary N) is 1. The Labute approximate surface area is 214 Å². The number of hydrogen-bond acceptors (Lipinski definition) is 5. The van der Waals surface area contributed by atoms with Crippen LogP contribution in [0, 0.1) is 0 Å². The first-order valence-corrected chi connectivity index (χ1v) is 10.1. The van der Waals surface area contributed by atoms with E-state index in [1.807, 2.05) is 6.07 Å². The molecule has 176 valence electrons. The number of amides is 2. The number of halogens is 3. The SMILES string of the molecule is Br.Br.CN(C(=O)CNC(=O)[C@@H](N)CCCCN)c1ccc(Cl)cc1C(=O)c1ccccc1. The molecule has 0 aliphatic heterocycles. The van der Waals surface area contributed by atoms with E-state index in [1.54, 1.807) is 43.4 Å². The van der Waals surface area contributed by atoms with Crippen LogP contribution in [0.15, 0.2) is 48.5 Å². The Balaban J connectivity index is 0.00000480. The number of unbranched alkanes of at least 4 members (excludes halogenated alkanes) is 1. The van der Waals surface area contributed by atoms with Gasteiger partial charge in [-0.05, 0) is 37.6 Å². The third kappa shape index (κ3) is 8.63. The zero-order chi connectivity index (χ0) is 22.1. The predicted molar refractivity (Wildman–Crippen MR) is 139 cm³/mol. The molecule has 0 aliphatic rings. The number of nitrogens with two attached hydrogens (primary N) is 2. The molecule has 0 fully saturated rings. The van der Waals surface area contributed by atoms with Gasteiger partial charge in [0.15, 0.2) is 5.78 Å². The van der Waals surface area contributed by atoms with Crippen LogP contribution < -0.4 is 21.7 Å². The first kappa shape index (κ1) is 30.2. The van der Waals surface area contributed by atoms with Crippen LogP contribution in [-0.2, 0) is 9.59 Å². The summed E-state index contributed by atoms with van der Waals surface area (Å²) in [5.74, 6) is -1.04. The standard InChI is InChI=1S/C22H27ClN4O3.2BrH/c1-27(20(28)14-26-22(30)18(25)9-5-6-12-24)19-11-10-16(23)13-17(19)21(29)15-7-3-2-4-8-15;;/h2-4,7-8,10-11,13,18H,5-6,9,12,14,24-25H2,1H3,(H,26,30);2*1H/t18-;;/m0../s1. The molecule has 10 heteroatoms. The molecule has 2 aromatic carbocycles. The number of rotatable bonds is 10. The van der Waals surface area contributed by atoms with Gasteiger partial charge in [0.1, 0.15) is 0 Å². The number of carbonyl (C=O) groups excluding carboxylic acids is 3. The summed E-state index contributed by atoms with van der Waals surface area (Å²) in [6, 6.07) is 12.8. The molecule has 2 aromatic rings. The van der Waals surface area contributed by atoms with E-state index in [0.29, 0.717) is 34.8 Å². The monoisotopic (exact) mass is 590 g/mol. The van der Waals surface area contributed by atoms with E-state index in [4.69, 9.17) is 23.1 Å². The third-order valence-corrected chi connectivity index (χ3v) is 4.93. The molecular formula is C22H29Br2ClN4O3. The Kier molecular flexibility index (Phi) is 14.3. The molecule has 7 nitrogen and oxygen atoms in total. The van der Waals surface area contributed by atoms with Crippen LogP contribution in [0.25, 0.3) is 0 Å². The molecule has 0 radical (unpaired) electrons. The van der Waals surface area contributed by atoms with Gasteiger partial charge in [0.05, 0.1) is 18.3 Å². The molecule has 0 unspecified atom stereocenters. The van der Waals surface area contributed by atoms with Crippen LogP contribution >= 0.6 is 45.6 Å². The lowest BCUT2D eigenvalue weighted by Gasteiger charge is -2.21. The van der Waals surface area contributed by atoms with Crippen molar-refractivity contribution in [3.05, 3.63) is 64.7 Å². The van der Waals surface area contributed by atoms with Crippen molar-refractivity contribution in [2.75, 3.05) is 25.0 Å². The largest absolute Gasteiger partial charge is 0.346 e. The van der Waals surface area contributed by atoms with Crippen LogP contribution in [0.2, 0.25) is 5.02 Å². The minimum absolute atomic E-state index is 0. The number of nitrogens with zero attached hydrogens (tertiary/aromatic N) is 1. The second-order valence-corrected chi connectivity index (χ2v) is 7.35. The van der Waals surface area contributed by atoms with Crippen molar-refractivity contribution in [1.29, 1.82) is 0 Å². The van der Waals surface area contributed by atoms with Crippen LogP contribution in [0.1, 0.15) is 35.2 Å². The first-order valence-electron chi connectivity index (χ1n) is 9.74. The minimum Gasteiger partial charge on any atom is -0.346 e. The molecule has 0 heterocycles. The summed E-state index contributed by atoms with van der Waals surface area (Å²) < 4.78 is 0. The van der Waals surface area contributed by atoms with Gasteiger partial charge in [-0.25, -0.2) is 0 Å². The highest BCUT2D eigenvalue weighted by atomic mass is 79.9. The van der Waals surface area contributed by atoms with E-state index in [0.717, 1.165) is 12.8 Å². The van der Waals surface area contributed by atoms with Crippen molar-refractivity contribution < 1.29 is 14.4 Å². The van der Waals surface area contributed by atoms with E-state index < -0.39 is 11.9 Å². The number of carbonyl (C=O) groups is 3. The summed E-state index contributed by atoms with van der Waals surface area (Å²) in [5, 5.41) is 2.94. The van der Waals surface area contributed by atoms with Gasteiger partial charge in [0, 0.05) is 23.2 Å². The van der Waals surface area contributed by atoms with Gasteiger partial charge in [0.25, 0.3) is 0 Å². The number of ketones is 1. The molecule has 2 rings (SSSR count). The Morgan fingerprint density at radius 2 is 1.72 bits per heavy atom. The van der Waals surface area contributed by atoms with Crippen LogP contribution in [0.5, 0.6) is 0 Å². The molecule has 0 aromatic heterocycles. The number of benzene rings is 2. The Hall–Kier alpha value is -1.78. The van der Waals surface area contributed by atoms with Gasteiger partial charge >= 0.3 is 0 Å². The van der Waals surface area contributed by atoms with Gasteiger partial charge in [0.2, 0.25) is 11.8 Å². The Morgan fingerprint density at radius 1 is 1.06 bits per heavy atom. The third-order valence-electron chi connectivity index (χ3n) is 4.69. The summed E-state index contributed by atoms with van der Waals surface area (Å²) in [5.41, 5.74) is 12.5. The second kappa shape index (κ2) is 15.1. The number of hydrogen-bond donors (Lipinski definition) is 3. The van der Waals surface area contributed by atoms with Crippen molar-refractivity contribution in [3.8, 4) is 0 Å². The first-order chi connectivity index (χ1) is 14.3. The Morgan fingerprint density at radius 3 is 2.34 bits per heavy atom. The highest BCUT2D eigenvalue weighted by Gasteiger charge is 2.21. The van der Waals surface area contributed by atoms with E-state index in [1.165, 1.54) is 11.0 Å². The highest BCUT2D eigenvalue weighted by molar-refractivity contribution is 8.93. The molecule has 0 saturated carbocycles. The zero-order valence-corrected chi connectivity index (χ0v) is 21.9. The number of likely N-dealkylation sites (N-methyl/N-ethyl adjacent to an activating group) is 1. The van der Waals surface area contributed by atoms with Crippen molar-refractivity contribution in [1.82, 2.24) is 5.32 Å². The summed E-state index contributed by atoms with van der Waals surface area (Å²) in [4.78, 5) is 39.0. The van der Waals surface area contributed by atoms with E-state index in [9.17, 15) is 14.4 Å². The van der Waals surface area contributed by atoms with Crippen molar-refractivity contribution in [2.24, 2.45) is 11.5 Å². The smallest absolute Gasteiger partial charge is 0.246 e. The average molecular weight is 593 g/mol. The predicted octanol–water partition coefficient (Wildman–Crippen LogP) is 3.26. The summed E-state index contributed by atoms with van der Waals surface area (Å²) in [7, 11) is 1.54. The molecule has 32 heavy (non-hydrogen) atoms. The molecule has 1 atom stereocenters. The lowest BCUT2D eigenvalue weighted by atomic mass is 10.0. The molecule has 0 spiro atoms. The maximum atomic E-state index is 12.9. The average Bonchev–Trinajstić information content (AvgIpc) is 2.76. The molecule has 0 aliphatic carbocycles. The fourth-order valence-corrected chi connectivity index (χ4v) is 3.09. The van der Waals surface area contributed by atoms with Crippen molar-refractivity contribution in [3.63, 3.8) is 0 Å². The highest BCUT2D eigenvalue weighted by Crippen LogP contribution is 2.26. The van der Waals surface area contributed by atoms with Gasteiger partial charge < -0.3 is 21.7 Å². The van der Waals surface area contributed by atoms with E-state index in [2.05, 4.69) is 5.32 Å². The lowest BCUT2D eigenvalue weighted by Crippen LogP contribution is -2.45.